The van der Waals surface area contributed by atoms with E-state index in [1.165, 1.54) is 11.8 Å². The highest BCUT2D eigenvalue weighted by Gasteiger charge is 2.23. The topological polar surface area (TPSA) is 72.7 Å². The molecule has 1 saturated carbocycles. The number of hydrogen-bond donors (Lipinski definition) is 1. The predicted molar refractivity (Wildman–Crippen MR) is 50.7 cm³/mol. The van der Waals surface area contributed by atoms with Crippen molar-refractivity contribution in [3.63, 3.8) is 0 Å². The molecule has 0 spiro atoms. The summed E-state index contributed by atoms with van der Waals surface area (Å²) < 4.78 is 1.55. The fraction of sp³-hybridized carbons (Fsp3) is 0.714. The lowest BCUT2D eigenvalue weighted by molar-refractivity contribution is -0.118. The lowest BCUT2D eigenvalue weighted by Gasteiger charge is -2.01. The fourth-order valence-electron chi connectivity index (χ4n) is 0.971. The quantitative estimate of drug-likeness (QED) is 0.688. The van der Waals surface area contributed by atoms with E-state index in [0.29, 0.717) is 17.0 Å². The van der Waals surface area contributed by atoms with E-state index in [-0.39, 0.29) is 5.91 Å². The van der Waals surface area contributed by atoms with Gasteiger partial charge in [-0.05, 0) is 23.3 Å². The maximum Gasteiger partial charge on any atom is 0.230 e. The summed E-state index contributed by atoms with van der Waals surface area (Å²) in [5.74, 6) is 0.436. The van der Waals surface area contributed by atoms with Gasteiger partial charge in [-0.25, -0.2) is 4.68 Å². The molecular formula is C7H11N5OS. The van der Waals surface area contributed by atoms with Gasteiger partial charge in [0.25, 0.3) is 0 Å². The Hall–Kier alpha value is -1.11. The first-order valence-electron chi connectivity index (χ1n) is 4.40. The number of aromatic nitrogens is 4. The molecule has 0 unspecified atom stereocenters. The van der Waals surface area contributed by atoms with Crippen LogP contribution in [-0.2, 0) is 11.8 Å². The number of nitrogens with one attached hydrogen (secondary N) is 1. The van der Waals surface area contributed by atoms with E-state index in [4.69, 9.17) is 0 Å². The smallest absolute Gasteiger partial charge is 0.230 e. The number of carbonyl (C=O) groups is 1. The van der Waals surface area contributed by atoms with Gasteiger partial charge in [-0.1, -0.05) is 11.8 Å². The third kappa shape index (κ3) is 2.44. The van der Waals surface area contributed by atoms with Crippen LogP contribution in [0.5, 0.6) is 0 Å². The number of tetrazole rings is 1. The Morgan fingerprint density at radius 3 is 3.07 bits per heavy atom. The second kappa shape index (κ2) is 3.95. The van der Waals surface area contributed by atoms with E-state index in [1.54, 1.807) is 11.7 Å². The van der Waals surface area contributed by atoms with Gasteiger partial charge in [0, 0.05) is 13.1 Å². The van der Waals surface area contributed by atoms with Crippen LogP contribution >= 0.6 is 11.8 Å². The Balaban J connectivity index is 1.76. The molecule has 2 rings (SSSR count). The number of rotatable bonds is 4. The van der Waals surface area contributed by atoms with Crippen molar-refractivity contribution in [2.75, 3.05) is 5.75 Å². The second-order valence-corrected chi connectivity index (χ2v) is 4.16. The average Bonchev–Trinajstić information content (AvgIpc) is 2.86. The molecule has 1 amide bonds. The minimum Gasteiger partial charge on any atom is -0.353 e. The highest BCUT2D eigenvalue weighted by atomic mass is 32.2. The molecule has 7 heteroatoms. The predicted octanol–water partition coefficient (Wildman–Crippen LogP) is -0.419. The second-order valence-electron chi connectivity index (χ2n) is 3.22. The van der Waals surface area contributed by atoms with Crippen LogP contribution in [0.3, 0.4) is 0 Å². The van der Waals surface area contributed by atoms with Crippen molar-refractivity contribution in [2.45, 2.75) is 24.0 Å². The van der Waals surface area contributed by atoms with Gasteiger partial charge >= 0.3 is 0 Å². The third-order valence-electron chi connectivity index (χ3n) is 1.86. The third-order valence-corrected chi connectivity index (χ3v) is 2.87. The number of hydrogen-bond acceptors (Lipinski definition) is 5. The summed E-state index contributed by atoms with van der Waals surface area (Å²) in [6.07, 6.45) is 2.23. The van der Waals surface area contributed by atoms with Crippen molar-refractivity contribution < 1.29 is 4.79 Å². The Morgan fingerprint density at radius 2 is 2.50 bits per heavy atom. The van der Waals surface area contributed by atoms with Gasteiger partial charge in [0.05, 0.1) is 5.75 Å². The first kappa shape index (κ1) is 9.45. The van der Waals surface area contributed by atoms with Crippen LogP contribution in [0.1, 0.15) is 12.8 Å². The molecule has 1 aromatic heterocycles. The SMILES string of the molecule is Cn1nnnc1SCC(=O)NC1CC1. The molecule has 1 aromatic rings. The zero-order valence-electron chi connectivity index (χ0n) is 7.80. The summed E-state index contributed by atoms with van der Waals surface area (Å²) in [7, 11) is 1.75. The van der Waals surface area contributed by atoms with Crippen LogP contribution in [0.4, 0.5) is 0 Å². The van der Waals surface area contributed by atoms with Crippen LogP contribution in [0, 0.1) is 0 Å². The van der Waals surface area contributed by atoms with Gasteiger partial charge < -0.3 is 5.32 Å². The van der Waals surface area contributed by atoms with E-state index < -0.39 is 0 Å². The average molecular weight is 213 g/mol. The summed E-state index contributed by atoms with van der Waals surface area (Å²) >= 11 is 1.35. The lowest BCUT2D eigenvalue weighted by atomic mass is 10.6. The first-order valence-corrected chi connectivity index (χ1v) is 5.39. The van der Waals surface area contributed by atoms with Gasteiger partial charge in [-0.15, -0.1) is 5.10 Å². The van der Waals surface area contributed by atoms with Gasteiger partial charge in [0.2, 0.25) is 11.1 Å². The molecule has 0 bridgehead atoms. The summed E-state index contributed by atoms with van der Waals surface area (Å²) in [6, 6.07) is 0.417. The molecular weight excluding hydrogens is 202 g/mol. The summed E-state index contributed by atoms with van der Waals surface area (Å²) in [6.45, 7) is 0. The van der Waals surface area contributed by atoms with Crippen molar-refractivity contribution in [3.05, 3.63) is 0 Å². The molecule has 0 atom stereocenters. The van der Waals surface area contributed by atoms with E-state index in [9.17, 15) is 4.79 Å². The molecule has 1 N–H and O–H groups in total. The Labute approximate surface area is 85.4 Å². The van der Waals surface area contributed by atoms with E-state index in [0.717, 1.165) is 12.8 Å². The summed E-state index contributed by atoms with van der Waals surface area (Å²) in [5, 5.41) is 14.5. The highest BCUT2D eigenvalue weighted by molar-refractivity contribution is 7.99. The normalized spacial score (nSPS) is 15.5. The maximum atomic E-state index is 11.3. The molecule has 0 aromatic carbocycles. The first-order chi connectivity index (χ1) is 6.75. The van der Waals surface area contributed by atoms with Crippen molar-refractivity contribution in [2.24, 2.45) is 7.05 Å². The van der Waals surface area contributed by atoms with Gasteiger partial charge in [-0.2, -0.15) is 0 Å². The van der Waals surface area contributed by atoms with Crippen LogP contribution in [0.25, 0.3) is 0 Å². The van der Waals surface area contributed by atoms with Crippen molar-refractivity contribution in [3.8, 4) is 0 Å². The zero-order valence-corrected chi connectivity index (χ0v) is 8.62. The number of aryl methyl sites for hydroxylation is 1. The maximum absolute atomic E-state index is 11.3. The molecule has 14 heavy (non-hydrogen) atoms. The standard InChI is InChI=1S/C7H11N5OS/c1-12-7(9-10-11-12)14-4-6(13)8-5-2-3-5/h5H,2-4H2,1H3,(H,8,13). The zero-order chi connectivity index (χ0) is 9.97. The molecule has 1 heterocycles. The molecule has 0 saturated heterocycles. The van der Waals surface area contributed by atoms with Crippen LogP contribution < -0.4 is 5.32 Å². The van der Waals surface area contributed by atoms with Gasteiger partial charge in [0.15, 0.2) is 0 Å². The molecule has 1 aliphatic rings. The van der Waals surface area contributed by atoms with Gasteiger partial charge in [-0.3, -0.25) is 4.79 Å². The molecule has 0 radical (unpaired) electrons. The Bertz CT molecular complexity index is 335. The van der Waals surface area contributed by atoms with Crippen molar-refractivity contribution in [1.82, 2.24) is 25.5 Å². The van der Waals surface area contributed by atoms with Gasteiger partial charge in [0.1, 0.15) is 0 Å². The summed E-state index contributed by atoms with van der Waals surface area (Å²) in [4.78, 5) is 11.3. The molecule has 1 aliphatic carbocycles. The summed E-state index contributed by atoms with van der Waals surface area (Å²) in [5.41, 5.74) is 0. The number of amides is 1. The fourth-order valence-corrected chi connectivity index (χ4v) is 1.63. The van der Waals surface area contributed by atoms with E-state index in [1.807, 2.05) is 0 Å². The molecule has 1 fully saturated rings. The Morgan fingerprint density at radius 1 is 1.71 bits per heavy atom. The van der Waals surface area contributed by atoms with Crippen molar-refractivity contribution in [1.29, 1.82) is 0 Å². The van der Waals surface area contributed by atoms with Crippen LogP contribution in [0.15, 0.2) is 5.16 Å². The highest BCUT2D eigenvalue weighted by Crippen LogP contribution is 2.19. The number of thioether (sulfide) groups is 1. The molecule has 0 aliphatic heterocycles. The van der Waals surface area contributed by atoms with Crippen LogP contribution in [0.2, 0.25) is 0 Å². The number of nitrogens with zero attached hydrogens (tertiary/aromatic N) is 4. The minimum atomic E-state index is 0.0560. The molecule has 76 valence electrons. The lowest BCUT2D eigenvalue weighted by Crippen LogP contribution is -2.27. The monoisotopic (exact) mass is 213 g/mol. The van der Waals surface area contributed by atoms with Crippen molar-refractivity contribution >= 4 is 17.7 Å². The largest absolute Gasteiger partial charge is 0.353 e. The van der Waals surface area contributed by atoms with E-state index >= 15 is 0 Å². The Kier molecular flexibility index (Phi) is 2.67. The number of carbonyl (C=O) groups excluding carboxylic acids is 1. The van der Waals surface area contributed by atoms with Crippen LogP contribution in [-0.4, -0.2) is 37.9 Å². The van der Waals surface area contributed by atoms with E-state index in [2.05, 4.69) is 20.8 Å². The minimum absolute atomic E-state index is 0.0560. The molecule has 6 nitrogen and oxygen atoms in total.